The van der Waals surface area contributed by atoms with E-state index >= 15 is 0 Å². The zero-order valence-electron chi connectivity index (χ0n) is 14.5. The van der Waals surface area contributed by atoms with Crippen molar-refractivity contribution in [1.82, 2.24) is 5.16 Å². The van der Waals surface area contributed by atoms with Gasteiger partial charge < -0.3 is 9.26 Å². The van der Waals surface area contributed by atoms with Crippen molar-refractivity contribution in [3.05, 3.63) is 71.3 Å². The Balaban J connectivity index is 1.70. The quantitative estimate of drug-likeness (QED) is 0.705. The third kappa shape index (κ3) is 3.80. The van der Waals surface area contributed by atoms with E-state index in [9.17, 15) is 9.59 Å². The van der Waals surface area contributed by atoms with Gasteiger partial charge in [0.05, 0.1) is 12.7 Å². The van der Waals surface area contributed by atoms with Crippen molar-refractivity contribution in [2.45, 2.75) is 13.3 Å². The number of nitrogens with one attached hydrogen (secondary N) is 1. The van der Waals surface area contributed by atoms with Crippen molar-refractivity contribution >= 4 is 17.8 Å². The zero-order valence-corrected chi connectivity index (χ0v) is 14.5. The minimum Gasteiger partial charge on any atom is -0.465 e. The van der Waals surface area contributed by atoms with Gasteiger partial charge in [-0.15, -0.1) is 0 Å². The first-order chi connectivity index (χ1) is 12.6. The second kappa shape index (κ2) is 7.65. The van der Waals surface area contributed by atoms with Gasteiger partial charge in [-0.05, 0) is 36.2 Å². The average molecular weight is 350 g/mol. The first kappa shape index (κ1) is 17.4. The van der Waals surface area contributed by atoms with E-state index in [1.807, 2.05) is 24.3 Å². The smallest absolute Gasteiger partial charge is 0.337 e. The number of anilines is 1. The van der Waals surface area contributed by atoms with E-state index in [1.54, 1.807) is 18.2 Å². The molecule has 132 valence electrons. The lowest BCUT2D eigenvalue weighted by Gasteiger charge is -2.02. The third-order valence-electron chi connectivity index (χ3n) is 3.97. The predicted molar refractivity (Wildman–Crippen MR) is 97.1 cm³/mol. The minimum atomic E-state index is -0.453. The zero-order chi connectivity index (χ0) is 18.5. The topological polar surface area (TPSA) is 81.4 Å². The van der Waals surface area contributed by atoms with E-state index < -0.39 is 5.97 Å². The number of rotatable bonds is 5. The molecule has 0 radical (unpaired) electrons. The molecule has 0 bridgehead atoms. The van der Waals surface area contributed by atoms with Gasteiger partial charge in [-0.3, -0.25) is 10.1 Å². The molecule has 0 atom stereocenters. The van der Waals surface area contributed by atoms with Gasteiger partial charge >= 0.3 is 5.97 Å². The summed E-state index contributed by atoms with van der Waals surface area (Å²) in [7, 11) is 1.31. The summed E-state index contributed by atoms with van der Waals surface area (Å²) >= 11 is 0. The summed E-state index contributed by atoms with van der Waals surface area (Å²) in [6.07, 6.45) is 0.967. The number of nitrogens with zero attached hydrogens (tertiary/aromatic N) is 1. The standard InChI is InChI=1S/C20H18N2O4/c1-3-13-4-6-14(7-5-13)17-12-18(26-22-17)21-19(23)15-8-10-16(11-9-15)20(24)25-2/h4-12H,3H2,1-2H3,(H,21,23). The molecule has 0 fully saturated rings. The second-order valence-electron chi connectivity index (χ2n) is 5.65. The van der Waals surface area contributed by atoms with Gasteiger partial charge in [-0.25, -0.2) is 4.79 Å². The Kier molecular flexibility index (Phi) is 5.12. The van der Waals surface area contributed by atoms with Gasteiger partial charge in [0.15, 0.2) is 0 Å². The van der Waals surface area contributed by atoms with Crippen molar-refractivity contribution in [1.29, 1.82) is 0 Å². The SMILES string of the molecule is CCc1ccc(-c2cc(NC(=O)c3ccc(C(=O)OC)cc3)on2)cc1. The van der Waals surface area contributed by atoms with Crippen LogP contribution in [0.1, 0.15) is 33.2 Å². The molecule has 0 aliphatic rings. The van der Waals surface area contributed by atoms with E-state index in [0.717, 1.165) is 12.0 Å². The Labute approximate surface area is 150 Å². The number of ether oxygens (including phenoxy) is 1. The molecule has 2 aromatic carbocycles. The summed E-state index contributed by atoms with van der Waals surface area (Å²) in [5.41, 5.74) is 3.56. The number of aromatic nitrogens is 1. The molecule has 6 nitrogen and oxygen atoms in total. The van der Waals surface area contributed by atoms with Gasteiger partial charge in [0, 0.05) is 17.2 Å². The molecule has 0 spiro atoms. The monoisotopic (exact) mass is 350 g/mol. The van der Waals surface area contributed by atoms with E-state index in [2.05, 4.69) is 22.1 Å². The molecule has 0 unspecified atom stereocenters. The van der Waals surface area contributed by atoms with E-state index in [1.165, 1.54) is 24.8 Å². The van der Waals surface area contributed by atoms with Gasteiger partial charge in [0.1, 0.15) is 5.69 Å². The molecular weight excluding hydrogens is 332 g/mol. The van der Waals surface area contributed by atoms with Gasteiger partial charge in [0.25, 0.3) is 5.91 Å². The molecule has 0 saturated heterocycles. The minimum absolute atomic E-state index is 0.251. The first-order valence-electron chi connectivity index (χ1n) is 8.16. The van der Waals surface area contributed by atoms with Crippen LogP contribution < -0.4 is 5.32 Å². The Morgan fingerprint density at radius 1 is 1.04 bits per heavy atom. The number of carbonyl (C=O) groups is 2. The molecular formula is C20H18N2O4. The van der Waals surface area contributed by atoms with Crippen LogP contribution in [0.25, 0.3) is 11.3 Å². The highest BCUT2D eigenvalue weighted by Gasteiger charge is 2.12. The maximum atomic E-state index is 12.3. The van der Waals surface area contributed by atoms with E-state index in [4.69, 9.17) is 4.52 Å². The molecule has 26 heavy (non-hydrogen) atoms. The highest BCUT2D eigenvalue weighted by molar-refractivity contribution is 6.04. The maximum Gasteiger partial charge on any atom is 0.337 e. The van der Waals surface area contributed by atoms with Crippen LogP contribution in [0.3, 0.4) is 0 Å². The van der Waals surface area contributed by atoms with E-state index in [0.29, 0.717) is 16.8 Å². The van der Waals surface area contributed by atoms with Crippen LogP contribution in [0.15, 0.2) is 59.1 Å². The van der Waals surface area contributed by atoms with Gasteiger partial charge in [0.2, 0.25) is 5.88 Å². The van der Waals surface area contributed by atoms with Crippen LogP contribution in [0, 0.1) is 0 Å². The molecule has 0 aliphatic carbocycles. The van der Waals surface area contributed by atoms with Crippen molar-refractivity contribution in [2.24, 2.45) is 0 Å². The highest BCUT2D eigenvalue weighted by Crippen LogP contribution is 2.22. The molecule has 1 aromatic heterocycles. The predicted octanol–water partition coefficient (Wildman–Crippen LogP) is 3.94. The molecule has 3 aromatic rings. The number of benzene rings is 2. The van der Waals surface area contributed by atoms with Crippen LogP contribution in [-0.2, 0) is 11.2 Å². The van der Waals surface area contributed by atoms with Crippen LogP contribution in [0.5, 0.6) is 0 Å². The van der Waals surface area contributed by atoms with Crippen LogP contribution in [0.4, 0.5) is 5.88 Å². The van der Waals surface area contributed by atoms with Crippen LogP contribution in [-0.4, -0.2) is 24.1 Å². The fraction of sp³-hybridized carbons (Fsp3) is 0.150. The summed E-state index contributed by atoms with van der Waals surface area (Å²) in [4.78, 5) is 23.7. The maximum absolute atomic E-state index is 12.3. The molecule has 0 aliphatic heterocycles. The number of methoxy groups -OCH3 is 1. The number of hydrogen-bond acceptors (Lipinski definition) is 5. The summed E-state index contributed by atoms with van der Waals surface area (Å²) in [6.45, 7) is 2.09. The number of esters is 1. The fourth-order valence-electron chi connectivity index (χ4n) is 2.44. The third-order valence-corrected chi connectivity index (χ3v) is 3.97. The molecule has 6 heteroatoms. The Hall–Kier alpha value is -3.41. The van der Waals surface area contributed by atoms with Crippen molar-refractivity contribution < 1.29 is 18.8 Å². The summed E-state index contributed by atoms with van der Waals surface area (Å²) in [5.74, 6) is -0.557. The van der Waals surface area contributed by atoms with Crippen LogP contribution in [0.2, 0.25) is 0 Å². The fourth-order valence-corrected chi connectivity index (χ4v) is 2.44. The Morgan fingerprint density at radius 2 is 1.69 bits per heavy atom. The molecule has 0 saturated carbocycles. The molecule has 1 N–H and O–H groups in total. The van der Waals surface area contributed by atoms with Crippen molar-refractivity contribution in [2.75, 3.05) is 12.4 Å². The van der Waals surface area contributed by atoms with Crippen molar-refractivity contribution in [3.63, 3.8) is 0 Å². The molecule has 3 rings (SSSR count). The molecule has 1 amide bonds. The normalized spacial score (nSPS) is 10.4. The lowest BCUT2D eigenvalue weighted by atomic mass is 10.1. The van der Waals surface area contributed by atoms with Crippen LogP contribution >= 0.6 is 0 Å². The summed E-state index contributed by atoms with van der Waals surface area (Å²) in [5, 5.41) is 6.64. The van der Waals surface area contributed by atoms with Gasteiger partial charge in [-0.1, -0.05) is 36.3 Å². The number of aryl methyl sites for hydroxylation is 1. The highest BCUT2D eigenvalue weighted by atomic mass is 16.5. The first-order valence-corrected chi connectivity index (χ1v) is 8.16. The average Bonchev–Trinajstić information content (AvgIpc) is 3.16. The lowest BCUT2D eigenvalue weighted by Crippen LogP contribution is -2.11. The van der Waals surface area contributed by atoms with E-state index in [-0.39, 0.29) is 11.8 Å². The summed E-state index contributed by atoms with van der Waals surface area (Å²) in [6, 6.07) is 15.8. The number of hydrogen-bond donors (Lipinski definition) is 1. The lowest BCUT2D eigenvalue weighted by molar-refractivity contribution is 0.0600. The molecule has 1 heterocycles. The summed E-state index contributed by atoms with van der Waals surface area (Å²) < 4.78 is 9.82. The van der Waals surface area contributed by atoms with Crippen molar-refractivity contribution in [3.8, 4) is 11.3 Å². The van der Waals surface area contributed by atoms with Gasteiger partial charge in [-0.2, -0.15) is 0 Å². The Morgan fingerprint density at radius 3 is 2.31 bits per heavy atom. The number of amides is 1. The Bertz CT molecular complexity index is 912. The number of carbonyl (C=O) groups excluding carboxylic acids is 2. The largest absolute Gasteiger partial charge is 0.465 e. The second-order valence-corrected chi connectivity index (χ2v) is 5.65.